The topological polar surface area (TPSA) is 82.6 Å². The molecule has 0 radical (unpaired) electrons. The van der Waals surface area contributed by atoms with Gasteiger partial charge in [-0.25, -0.2) is 0 Å². The van der Waals surface area contributed by atoms with Crippen LogP contribution in [0, 0.1) is 6.92 Å². The van der Waals surface area contributed by atoms with E-state index in [4.69, 9.17) is 14.2 Å². The van der Waals surface area contributed by atoms with Crippen molar-refractivity contribution in [2.45, 2.75) is 6.92 Å². The van der Waals surface area contributed by atoms with Crippen LogP contribution in [0.1, 0.15) is 16.1 Å². The lowest BCUT2D eigenvalue weighted by molar-refractivity contribution is 0.102. The zero-order valence-corrected chi connectivity index (χ0v) is 15.2. The Hall–Kier alpha value is -3.61. The number of ether oxygens (including phenoxy) is 3. The molecule has 3 rings (SSSR count). The number of hydrogen-bond donors (Lipinski definition) is 1. The molecule has 1 aromatic heterocycles. The van der Waals surface area contributed by atoms with Gasteiger partial charge in [0, 0.05) is 17.3 Å². The van der Waals surface area contributed by atoms with Gasteiger partial charge in [-0.15, -0.1) is 5.10 Å². The largest absolute Gasteiger partial charge is 0.493 e. The molecular formula is C20H19N3O4. The van der Waals surface area contributed by atoms with Crippen LogP contribution in [0.25, 0.3) is 0 Å². The van der Waals surface area contributed by atoms with E-state index in [-0.39, 0.29) is 5.91 Å². The summed E-state index contributed by atoms with van der Waals surface area (Å²) in [6.45, 7) is 1.85. The predicted molar refractivity (Wildman–Crippen MR) is 101 cm³/mol. The smallest absolute Gasteiger partial charge is 0.255 e. The zero-order valence-electron chi connectivity index (χ0n) is 15.2. The van der Waals surface area contributed by atoms with E-state index < -0.39 is 0 Å². The number of carbonyl (C=O) groups is 1. The lowest BCUT2D eigenvalue weighted by Crippen LogP contribution is -2.12. The standard InChI is InChI=1S/C20H19N3O4/c1-13-4-11-19(23-22-13)27-16-8-6-15(7-9-16)21-20(24)14-5-10-17(25-2)18(12-14)26-3/h4-12H,1-3H3,(H,21,24). The van der Waals surface area contributed by atoms with Crippen molar-refractivity contribution < 1.29 is 19.0 Å². The Morgan fingerprint density at radius 2 is 1.63 bits per heavy atom. The van der Waals surface area contributed by atoms with Gasteiger partial charge >= 0.3 is 0 Å². The van der Waals surface area contributed by atoms with Gasteiger partial charge in [-0.1, -0.05) is 0 Å². The fourth-order valence-corrected chi connectivity index (χ4v) is 2.35. The Morgan fingerprint density at radius 1 is 0.889 bits per heavy atom. The molecule has 0 saturated heterocycles. The highest BCUT2D eigenvalue weighted by molar-refractivity contribution is 6.04. The molecule has 0 aliphatic rings. The second-order valence-electron chi connectivity index (χ2n) is 5.66. The number of carbonyl (C=O) groups excluding carboxylic acids is 1. The first kappa shape index (κ1) is 18.2. The minimum Gasteiger partial charge on any atom is -0.493 e. The van der Waals surface area contributed by atoms with Gasteiger partial charge < -0.3 is 19.5 Å². The molecule has 0 saturated carbocycles. The van der Waals surface area contributed by atoms with Crippen LogP contribution >= 0.6 is 0 Å². The molecule has 0 spiro atoms. The number of benzene rings is 2. The van der Waals surface area contributed by atoms with Gasteiger partial charge in [-0.2, -0.15) is 5.10 Å². The molecule has 2 aromatic carbocycles. The summed E-state index contributed by atoms with van der Waals surface area (Å²) in [6.07, 6.45) is 0. The molecular weight excluding hydrogens is 346 g/mol. The summed E-state index contributed by atoms with van der Waals surface area (Å²) < 4.78 is 16.0. The normalized spacial score (nSPS) is 10.2. The second-order valence-corrected chi connectivity index (χ2v) is 5.66. The molecule has 0 aliphatic carbocycles. The summed E-state index contributed by atoms with van der Waals surface area (Å²) in [5.74, 6) is 1.80. The van der Waals surface area contributed by atoms with Crippen molar-refractivity contribution in [3.63, 3.8) is 0 Å². The van der Waals surface area contributed by atoms with Gasteiger partial charge in [0.2, 0.25) is 5.88 Å². The molecule has 1 amide bonds. The SMILES string of the molecule is COc1ccc(C(=O)Nc2ccc(Oc3ccc(C)nn3)cc2)cc1OC. The summed E-state index contributed by atoms with van der Waals surface area (Å²) in [4.78, 5) is 12.4. The van der Waals surface area contributed by atoms with E-state index in [2.05, 4.69) is 15.5 Å². The molecule has 1 heterocycles. The Labute approximate surface area is 156 Å². The molecule has 3 aromatic rings. The van der Waals surface area contributed by atoms with Crippen molar-refractivity contribution in [2.75, 3.05) is 19.5 Å². The average molecular weight is 365 g/mol. The predicted octanol–water partition coefficient (Wildman–Crippen LogP) is 3.85. The third kappa shape index (κ3) is 4.52. The second kappa shape index (κ2) is 8.18. The van der Waals surface area contributed by atoms with Crippen molar-refractivity contribution in [1.82, 2.24) is 10.2 Å². The Morgan fingerprint density at radius 3 is 2.26 bits per heavy atom. The number of nitrogens with zero attached hydrogens (tertiary/aromatic N) is 2. The number of methoxy groups -OCH3 is 2. The molecule has 0 fully saturated rings. The monoisotopic (exact) mass is 365 g/mol. The fraction of sp³-hybridized carbons (Fsp3) is 0.150. The quantitative estimate of drug-likeness (QED) is 0.714. The van der Waals surface area contributed by atoms with Crippen molar-refractivity contribution in [2.24, 2.45) is 0 Å². The lowest BCUT2D eigenvalue weighted by atomic mass is 10.2. The highest BCUT2D eigenvalue weighted by atomic mass is 16.5. The van der Waals surface area contributed by atoms with Crippen LogP contribution in [0.4, 0.5) is 5.69 Å². The Bertz CT molecular complexity index is 925. The fourth-order valence-electron chi connectivity index (χ4n) is 2.35. The third-order valence-corrected chi connectivity index (χ3v) is 3.75. The maximum atomic E-state index is 12.4. The molecule has 7 nitrogen and oxygen atoms in total. The molecule has 0 unspecified atom stereocenters. The van der Waals surface area contributed by atoms with Gasteiger partial charge in [-0.3, -0.25) is 4.79 Å². The molecule has 1 N–H and O–H groups in total. The zero-order chi connectivity index (χ0) is 19.2. The van der Waals surface area contributed by atoms with E-state index >= 15 is 0 Å². The highest BCUT2D eigenvalue weighted by Crippen LogP contribution is 2.28. The number of rotatable bonds is 6. The number of aryl methyl sites for hydroxylation is 1. The number of nitrogens with one attached hydrogen (secondary N) is 1. The number of aromatic nitrogens is 2. The first-order valence-electron chi connectivity index (χ1n) is 8.20. The minimum atomic E-state index is -0.256. The van der Waals surface area contributed by atoms with Crippen LogP contribution < -0.4 is 19.5 Å². The molecule has 7 heteroatoms. The van der Waals surface area contributed by atoms with E-state index in [0.29, 0.717) is 34.4 Å². The first-order chi connectivity index (χ1) is 13.1. The molecule has 27 heavy (non-hydrogen) atoms. The van der Waals surface area contributed by atoms with Crippen molar-refractivity contribution >= 4 is 11.6 Å². The summed E-state index contributed by atoms with van der Waals surface area (Å²) in [6, 6.07) is 15.5. The van der Waals surface area contributed by atoms with E-state index in [1.807, 2.05) is 13.0 Å². The summed E-state index contributed by atoms with van der Waals surface area (Å²) in [5, 5.41) is 10.7. The van der Waals surface area contributed by atoms with Crippen molar-refractivity contribution in [3.05, 3.63) is 65.9 Å². The summed E-state index contributed by atoms with van der Waals surface area (Å²) in [5.41, 5.74) is 1.91. The lowest BCUT2D eigenvalue weighted by Gasteiger charge is -2.10. The van der Waals surface area contributed by atoms with E-state index in [9.17, 15) is 4.79 Å². The van der Waals surface area contributed by atoms with E-state index in [0.717, 1.165) is 5.69 Å². The van der Waals surface area contributed by atoms with Gasteiger partial charge in [0.1, 0.15) is 5.75 Å². The van der Waals surface area contributed by atoms with Crippen LogP contribution in [-0.2, 0) is 0 Å². The van der Waals surface area contributed by atoms with Crippen LogP contribution in [-0.4, -0.2) is 30.3 Å². The van der Waals surface area contributed by atoms with Crippen LogP contribution in [0.5, 0.6) is 23.1 Å². The molecule has 138 valence electrons. The van der Waals surface area contributed by atoms with Gasteiger partial charge in [0.25, 0.3) is 5.91 Å². The summed E-state index contributed by atoms with van der Waals surface area (Å²) >= 11 is 0. The van der Waals surface area contributed by atoms with Gasteiger partial charge in [0.05, 0.1) is 19.9 Å². The van der Waals surface area contributed by atoms with Gasteiger partial charge in [0.15, 0.2) is 11.5 Å². The molecule has 0 bridgehead atoms. The van der Waals surface area contributed by atoms with Crippen molar-refractivity contribution in [1.29, 1.82) is 0 Å². The Balaban J connectivity index is 1.67. The average Bonchev–Trinajstić information content (AvgIpc) is 2.70. The number of amides is 1. The minimum absolute atomic E-state index is 0.256. The highest BCUT2D eigenvalue weighted by Gasteiger charge is 2.11. The molecule has 0 aliphatic heterocycles. The first-order valence-corrected chi connectivity index (χ1v) is 8.20. The Kier molecular flexibility index (Phi) is 5.51. The third-order valence-electron chi connectivity index (χ3n) is 3.75. The van der Waals surface area contributed by atoms with Crippen LogP contribution in [0.2, 0.25) is 0 Å². The van der Waals surface area contributed by atoms with Crippen molar-refractivity contribution in [3.8, 4) is 23.1 Å². The molecule has 0 atom stereocenters. The van der Waals surface area contributed by atoms with Crippen LogP contribution in [0.3, 0.4) is 0 Å². The number of anilines is 1. The van der Waals surface area contributed by atoms with Gasteiger partial charge in [-0.05, 0) is 55.5 Å². The number of hydrogen-bond acceptors (Lipinski definition) is 6. The maximum absolute atomic E-state index is 12.4. The van der Waals surface area contributed by atoms with E-state index in [1.54, 1.807) is 55.6 Å². The van der Waals surface area contributed by atoms with Crippen LogP contribution in [0.15, 0.2) is 54.6 Å². The van der Waals surface area contributed by atoms with E-state index in [1.165, 1.54) is 7.11 Å². The summed E-state index contributed by atoms with van der Waals surface area (Å²) in [7, 11) is 3.07. The maximum Gasteiger partial charge on any atom is 0.255 e.